The Morgan fingerprint density at radius 2 is 1.55 bits per heavy atom. The van der Waals surface area contributed by atoms with Gasteiger partial charge < -0.3 is 0 Å². The molecule has 0 aliphatic heterocycles. The fourth-order valence-electron chi connectivity index (χ4n) is 7.22. The van der Waals surface area contributed by atoms with Crippen molar-refractivity contribution in [3.63, 3.8) is 0 Å². The zero-order valence-electron chi connectivity index (χ0n) is 21.1. The second-order valence-electron chi connectivity index (χ2n) is 11.2. The molecular formula is C32H45F. The molecule has 0 nitrogen and oxygen atoms in total. The Balaban J connectivity index is 1.43. The second-order valence-corrected chi connectivity index (χ2v) is 11.2. The Morgan fingerprint density at radius 1 is 0.818 bits per heavy atom. The van der Waals surface area contributed by atoms with E-state index in [1.807, 2.05) is 42.5 Å². The van der Waals surface area contributed by atoms with Crippen molar-refractivity contribution in [3.05, 3.63) is 59.9 Å². The highest BCUT2D eigenvalue weighted by molar-refractivity contribution is 5.64. The number of rotatable bonds is 9. The van der Waals surface area contributed by atoms with Gasteiger partial charge in [-0.3, -0.25) is 0 Å². The Bertz CT molecular complexity index is 838. The van der Waals surface area contributed by atoms with E-state index < -0.39 is 0 Å². The Morgan fingerprint density at radius 3 is 2.18 bits per heavy atom. The van der Waals surface area contributed by atoms with Crippen molar-refractivity contribution in [1.82, 2.24) is 0 Å². The Kier molecular flexibility index (Phi) is 8.67. The normalized spacial score (nSPS) is 28.0. The molecule has 0 radical (unpaired) electrons. The fourth-order valence-corrected chi connectivity index (χ4v) is 7.22. The van der Waals surface area contributed by atoms with Crippen molar-refractivity contribution >= 4 is 0 Å². The third kappa shape index (κ3) is 5.90. The highest BCUT2D eigenvalue weighted by Crippen LogP contribution is 2.55. The van der Waals surface area contributed by atoms with Gasteiger partial charge in [0.1, 0.15) is 5.82 Å². The van der Waals surface area contributed by atoms with Crippen LogP contribution >= 0.6 is 0 Å². The molecule has 2 saturated carbocycles. The van der Waals surface area contributed by atoms with E-state index in [0.717, 1.165) is 23.0 Å². The standard InChI is InChI=1S/C32H45F/c1-3-5-9-21-32(29-16-13-25(10-4-2)14-17-29)22-19-26(20-23-32)28-15-18-30(31(33)24-28)27-11-7-6-8-12-27/h6-8,11-12,15,18,24-26,29H,3-5,9-10,13-14,16-17,19-23H2,1-2H3/t25?,26-,29?,32+. The smallest absolute Gasteiger partial charge is 0.131 e. The summed E-state index contributed by atoms with van der Waals surface area (Å²) in [5.41, 5.74) is 3.48. The van der Waals surface area contributed by atoms with Gasteiger partial charge in [0.2, 0.25) is 0 Å². The van der Waals surface area contributed by atoms with Gasteiger partial charge >= 0.3 is 0 Å². The first-order valence-corrected chi connectivity index (χ1v) is 14.0. The molecule has 2 aliphatic rings. The van der Waals surface area contributed by atoms with Crippen molar-refractivity contribution in [2.24, 2.45) is 17.3 Å². The van der Waals surface area contributed by atoms with Gasteiger partial charge in [-0.05, 0) is 85.3 Å². The lowest BCUT2D eigenvalue weighted by atomic mass is 9.57. The summed E-state index contributed by atoms with van der Waals surface area (Å²) in [5, 5.41) is 0. The molecule has 0 saturated heterocycles. The van der Waals surface area contributed by atoms with Crippen LogP contribution in [0.3, 0.4) is 0 Å². The van der Waals surface area contributed by atoms with Gasteiger partial charge in [-0.15, -0.1) is 0 Å². The number of unbranched alkanes of at least 4 members (excludes halogenated alkanes) is 2. The number of benzene rings is 2. The molecule has 4 rings (SSSR count). The molecule has 0 spiro atoms. The zero-order chi connectivity index (χ0) is 23.1. The molecule has 2 fully saturated rings. The van der Waals surface area contributed by atoms with Crippen molar-refractivity contribution < 1.29 is 4.39 Å². The van der Waals surface area contributed by atoms with E-state index in [1.165, 1.54) is 95.5 Å². The predicted molar refractivity (Wildman–Crippen MR) is 140 cm³/mol. The van der Waals surface area contributed by atoms with Gasteiger partial charge in [-0.25, -0.2) is 4.39 Å². The van der Waals surface area contributed by atoms with Gasteiger partial charge in [-0.2, -0.15) is 0 Å². The average molecular weight is 449 g/mol. The molecule has 0 atom stereocenters. The predicted octanol–water partition coefficient (Wildman–Crippen LogP) is 10.3. The van der Waals surface area contributed by atoms with Crippen LogP contribution in [0.2, 0.25) is 0 Å². The number of hydrogen-bond donors (Lipinski definition) is 0. The lowest BCUT2D eigenvalue weighted by Crippen LogP contribution is -2.37. The third-order valence-corrected chi connectivity index (χ3v) is 9.22. The van der Waals surface area contributed by atoms with Crippen LogP contribution in [0.5, 0.6) is 0 Å². The third-order valence-electron chi connectivity index (χ3n) is 9.22. The van der Waals surface area contributed by atoms with E-state index in [0.29, 0.717) is 11.3 Å². The second kappa shape index (κ2) is 11.7. The summed E-state index contributed by atoms with van der Waals surface area (Å²) in [4.78, 5) is 0. The topological polar surface area (TPSA) is 0 Å². The maximum atomic E-state index is 15.0. The molecule has 0 heterocycles. The minimum Gasteiger partial charge on any atom is -0.206 e. The molecule has 0 aromatic heterocycles. The summed E-state index contributed by atoms with van der Waals surface area (Å²) in [7, 11) is 0. The summed E-state index contributed by atoms with van der Waals surface area (Å²) >= 11 is 0. The minimum atomic E-state index is -0.0623. The summed E-state index contributed by atoms with van der Waals surface area (Å²) in [5.74, 6) is 2.38. The summed E-state index contributed by atoms with van der Waals surface area (Å²) in [6, 6.07) is 16.0. The largest absolute Gasteiger partial charge is 0.206 e. The van der Waals surface area contributed by atoms with Crippen molar-refractivity contribution in [2.75, 3.05) is 0 Å². The zero-order valence-corrected chi connectivity index (χ0v) is 21.1. The first-order valence-electron chi connectivity index (χ1n) is 14.0. The average Bonchev–Trinajstić information content (AvgIpc) is 2.86. The van der Waals surface area contributed by atoms with Crippen LogP contribution in [0.15, 0.2) is 48.5 Å². The van der Waals surface area contributed by atoms with Gasteiger partial charge in [0.05, 0.1) is 0 Å². The van der Waals surface area contributed by atoms with Crippen molar-refractivity contribution in [3.8, 4) is 11.1 Å². The van der Waals surface area contributed by atoms with Gasteiger partial charge in [0.25, 0.3) is 0 Å². The van der Waals surface area contributed by atoms with Crippen LogP contribution in [0.1, 0.15) is 115 Å². The molecule has 2 aromatic carbocycles. The minimum absolute atomic E-state index is 0.0623. The summed E-state index contributed by atoms with van der Waals surface area (Å²) in [6.07, 6.45) is 19.3. The van der Waals surface area contributed by atoms with E-state index in [1.54, 1.807) is 0 Å². The molecule has 33 heavy (non-hydrogen) atoms. The van der Waals surface area contributed by atoms with E-state index in [9.17, 15) is 0 Å². The van der Waals surface area contributed by atoms with E-state index in [-0.39, 0.29) is 5.82 Å². The quantitative estimate of drug-likeness (QED) is 0.335. The lowest BCUT2D eigenvalue weighted by molar-refractivity contribution is 0.0369. The van der Waals surface area contributed by atoms with E-state index >= 15 is 4.39 Å². The molecule has 2 aliphatic carbocycles. The maximum absolute atomic E-state index is 15.0. The van der Waals surface area contributed by atoms with Gasteiger partial charge in [0, 0.05) is 5.56 Å². The fraction of sp³-hybridized carbons (Fsp3) is 0.625. The first-order chi connectivity index (χ1) is 16.1. The van der Waals surface area contributed by atoms with Crippen molar-refractivity contribution in [2.45, 2.75) is 110 Å². The highest BCUT2D eigenvalue weighted by Gasteiger charge is 2.42. The van der Waals surface area contributed by atoms with E-state index in [2.05, 4.69) is 19.9 Å². The van der Waals surface area contributed by atoms with Gasteiger partial charge in [0.15, 0.2) is 0 Å². The number of halogens is 1. The summed E-state index contributed by atoms with van der Waals surface area (Å²) in [6.45, 7) is 4.67. The van der Waals surface area contributed by atoms with Gasteiger partial charge in [-0.1, -0.05) is 101 Å². The van der Waals surface area contributed by atoms with Crippen molar-refractivity contribution in [1.29, 1.82) is 0 Å². The molecule has 1 heteroatoms. The molecule has 180 valence electrons. The molecule has 0 bridgehead atoms. The van der Waals surface area contributed by atoms with Crippen LogP contribution in [-0.2, 0) is 0 Å². The molecule has 0 N–H and O–H groups in total. The maximum Gasteiger partial charge on any atom is 0.131 e. The number of hydrogen-bond acceptors (Lipinski definition) is 0. The molecule has 0 unspecified atom stereocenters. The lowest BCUT2D eigenvalue weighted by Gasteiger charge is -2.48. The SMILES string of the molecule is CCCCC[C@]1(C2CCC(CCC)CC2)CC[C@@H](c2ccc(-c3ccccc3)c(F)c2)CC1. The Labute approximate surface area is 202 Å². The molecule has 2 aromatic rings. The monoisotopic (exact) mass is 448 g/mol. The van der Waals surface area contributed by atoms with Crippen LogP contribution in [0.25, 0.3) is 11.1 Å². The van der Waals surface area contributed by atoms with E-state index in [4.69, 9.17) is 0 Å². The molecule has 0 amide bonds. The van der Waals surface area contributed by atoms with Crippen LogP contribution < -0.4 is 0 Å². The first kappa shape index (κ1) is 24.5. The molecular weight excluding hydrogens is 403 g/mol. The summed E-state index contributed by atoms with van der Waals surface area (Å²) < 4.78 is 15.0. The van der Waals surface area contributed by atoms with Crippen LogP contribution in [-0.4, -0.2) is 0 Å². The van der Waals surface area contributed by atoms with Crippen LogP contribution in [0, 0.1) is 23.1 Å². The Hall–Kier alpha value is -1.63. The highest BCUT2D eigenvalue weighted by atomic mass is 19.1. The van der Waals surface area contributed by atoms with Crippen LogP contribution in [0.4, 0.5) is 4.39 Å².